The van der Waals surface area contributed by atoms with Crippen molar-refractivity contribution in [3.63, 3.8) is 0 Å². The third kappa shape index (κ3) is 6.25. The fourth-order valence-electron chi connectivity index (χ4n) is 4.67. The molecule has 10 heteroatoms. The van der Waals surface area contributed by atoms with Crippen molar-refractivity contribution >= 4 is 40.6 Å². The van der Waals surface area contributed by atoms with Gasteiger partial charge in [-0.2, -0.15) is 0 Å². The molecule has 1 unspecified atom stereocenters. The normalized spacial score (nSPS) is 18.4. The molecule has 0 radical (unpaired) electrons. The number of carbonyl (C=O) groups is 2. The molecule has 2 aliphatic rings. The highest BCUT2D eigenvalue weighted by atomic mass is 35.5. The van der Waals surface area contributed by atoms with E-state index in [1.165, 1.54) is 11.3 Å². The standard InChI is InChI=1S/C26H34ClN3O5S/c1-26(2,3)35-25(32)29-13-10-17(11-14-29)12-15-30-23(31)18-6-5-7-19(22(18)24(30)33-4)28-16-34-21-9-8-20(27)36-21/h5-9,17,24,28H,10-16H2,1-4H3. The number of carbonyl (C=O) groups excluding carboxylic acids is 2. The van der Waals surface area contributed by atoms with Gasteiger partial charge in [0.25, 0.3) is 5.91 Å². The number of ether oxygens (including phenoxy) is 3. The van der Waals surface area contributed by atoms with Gasteiger partial charge in [-0.1, -0.05) is 29.0 Å². The van der Waals surface area contributed by atoms with Crippen molar-refractivity contribution in [1.29, 1.82) is 0 Å². The Hall–Kier alpha value is -2.49. The molecule has 1 aromatic carbocycles. The highest BCUT2D eigenvalue weighted by Gasteiger charge is 2.39. The maximum absolute atomic E-state index is 13.3. The smallest absolute Gasteiger partial charge is 0.410 e. The van der Waals surface area contributed by atoms with Gasteiger partial charge in [-0.25, -0.2) is 4.79 Å². The summed E-state index contributed by atoms with van der Waals surface area (Å²) in [4.78, 5) is 29.2. The Balaban J connectivity index is 1.33. The molecular formula is C26H34ClN3O5S. The van der Waals surface area contributed by atoms with Gasteiger partial charge in [-0.05, 0) is 70.2 Å². The fraction of sp³-hybridized carbons (Fsp3) is 0.538. The molecule has 0 bridgehead atoms. The lowest BCUT2D eigenvalue weighted by atomic mass is 9.93. The zero-order valence-electron chi connectivity index (χ0n) is 21.2. The Morgan fingerprint density at radius 2 is 1.94 bits per heavy atom. The number of rotatable bonds is 8. The van der Waals surface area contributed by atoms with E-state index in [9.17, 15) is 9.59 Å². The first kappa shape index (κ1) is 26.6. The number of amides is 2. The molecule has 2 aliphatic heterocycles. The number of anilines is 1. The Morgan fingerprint density at radius 3 is 2.58 bits per heavy atom. The average Bonchev–Trinajstić information content (AvgIpc) is 3.37. The van der Waals surface area contributed by atoms with Gasteiger partial charge in [0.15, 0.2) is 18.0 Å². The Kier molecular flexibility index (Phi) is 8.32. The largest absolute Gasteiger partial charge is 0.464 e. The van der Waals surface area contributed by atoms with Gasteiger partial charge >= 0.3 is 6.09 Å². The summed E-state index contributed by atoms with van der Waals surface area (Å²) in [6.45, 7) is 7.81. The number of hydrogen-bond acceptors (Lipinski definition) is 7. The summed E-state index contributed by atoms with van der Waals surface area (Å²) < 4.78 is 17.7. The number of thiophene rings is 1. The number of halogens is 1. The van der Waals surface area contributed by atoms with Gasteiger partial charge in [0.05, 0.1) is 4.34 Å². The number of methoxy groups -OCH3 is 1. The van der Waals surface area contributed by atoms with E-state index in [0.717, 1.165) is 35.6 Å². The van der Waals surface area contributed by atoms with Crippen molar-refractivity contribution in [3.05, 3.63) is 45.8 Å². The van der Waals surface area contributed by atoms with E-state index < -0.39 is 11.8 Å². The molecular weight excluding hydrogens is 502 g/mol. The quantitative estimate of drug-likeness (QED) is 0.418. The number of likely N-dealkylation sites (tertiary alicyclic amines) is 1. The van der Waals surface area contributed by atoms with E-state index in [4.69, 9.17) is 25.8 Å². The zero-order valence-corrected chi connectivity index (χ0v) is 22.8. The zero-order chi connectivity index (χ0) is 25.9. The summed E-state index contributed by atoms with van der Waals surface area (Å²) in [5.74, 6) is 0.402. The minimum atomic E-state index is -0.494. The van der Waals surface area contributed by atoms with Crippen molar-refractivity contribution < 1.29 is 23.8 Å². The molecule has 3 heterocycles. The second-order valence-corrected chi connectivity index (χ2v) is 11.8. The topological polar surface area (TPSA) is 80.3 Å². The van der Waals surface area contributed by atoms with Crippen LogP contribution in [-0.4, -0.2) is 60.9 Å². The Bertz CT molecular complexity index is 1080. The third-order valence-corrected chi connectivity index (χ3v) is 7.56. The first-order valence-electron chi connectivity index (χ1n) is 12.2. The average molecular weight is 536 g/mol. The van der Waals surface area contributed by atoms with Crippen LogP contribution in [0.15, 0.2) is 30.3 Å². The second kappa shape index (κ2) is 11.3. The molecule has 1 aromatic heterocycles. The number of piperidine rings is 1. The first-order valence-corrected chi connectivity index (χ1v) is 13.4. The van der Waals surface area contributed by atoms with Crippen molar-refractivity contribution in [2.24, 2.45) is 5.92 Å². The summed E-state index contributed by atoms with van der Waals surface area (Å²) >= 11 is 7.33. The van der Waals surface area contributed by atoms with E-state index >= 15 is 0 Å². The van der Waals surface area contributed by atoms with Gasteiger partial charge in [0.2, 0.25) is 0 Å². The molecule has 196 valence electrons. The van der Waals surface area contributed by atoms with Crippen molar-refractivity contribution in [3.8, 4) is 5.06 Å². The molecule has 1 atom stereocenters. The lowest BCUT2D eigenvalue weighted by molar-refractivity contribution is -0.0155. The summed E-state index contributed by atoms with van der Waals surface area (Å²) in [6.07, 6.45) is 1.92. The lowest BCUT2D eigenvalue weighted by Crippen LogP contribution is -2.42. The van der Waals surface area contributed by atoms with Crippen molar-refractivity contribution in [2.75, 3.05) is 38.8 Å². The van der Waals surface area contributed by atoms with Gasteiger partial charge in [-0.3, -0.25) is 4.79 Å². The molecule has 0 aliphatic carbocycles. The number of hydrogen-bond donors (Lipinski definition) is 1. The number of nitrogens with one attached hydrogen (secondary N) is 1. The number of fused-ring (bicyclic) bond motifs is 1. The molecule has 36 heavy (non-hydrogen) atoms. The molecule has 4 rings (SSSR count). The second-order valence-electron chi connectivity index (χ2n) is 10.1. The van der Waals surface area contributed by atoms with E-state index in [1.807, 2.05) is 45.0 Å². The van der Waals surface area contributed by atoms with E-state index in [1.54, 1.807) is 23.0 Å². The Labute approximate surface area is 221 Å². The maximum atomic E-state index is 13.3. The van der Waals surface area contributed by atoms with E-state index in [0.29, 0.717) is 35.5 Å². The molecule has 2 amide bonds. The number of benzene rings is 1. The highest BCUT2D eigenvalue weighted by molar-refractivity contribution is 7.17. The van der Waals surface area contributed by atoms with Crippen LogP contribution in [0.25, 0.3) is 0 Å². The van der Waals surface area contributed by atoms with Gasteiger partial charge in [0.1, 0.15) is 5.60 Å². The SMILES string of the molecule is COC1c2c(NCOc3ccc(Cl)s3)cccc2C(=O)N1CCC1CCN(C(=O)OC(C)(C)C)CC1. The van der Waals surface area contributed by atoms with Crippen molar-refractivity contribution in [2.45, 2.75) is 51.9 Å². The van der Waals surface area contributed by atoms with Crippen LogP contribution in [0.4, 0.5) is 10.5 Å². The summed E-state index contributed by atoms with van der Waals surface area (Å²) in [7, 11) is 1.63. The predicted molar refractivity (Wildman–Crippen MR) is 141 cm³/mol. The summed E-state index contributed by atoms with van der Waals surface area (Å²) in [5, 5.41) is 4.00. The van der Waals surface area contributed by atoms with Crippen LogP contribution in [0.2, 0.25) is 4.34 Å². The molecule has 1 N–H and O–H groups in total. The minimum absolute atomic E-state index is 0.0300. The monoisotopic (exact) mass is 535 g/mol. The predicted octanol–water partition coefficient (Wildman–Crippen LogP) is 5.99. The molecule has 1 saturated heterocycles. The molecule has 2 aromatic rings. The molecule has 0 saturated carbocycles. The van der Waals surface area contributed by atoms with E-state index in [2.05, 4.69) is 5.32 Å². The Morgan fingerprint density at radius 1 is 1.19 bits per heavy atom. The molecule has 1 fully saturated rings. The third-order valence-electron chi connectivity index (χ3n) is 6.42. The van der Waals surface area contributed by atoms with Crippen LogP contribution in [0.5, 0.6) is 5.06 Å². The van der Waals surface area contributed by atoms with Crippen LogP contribution >= 0.6 is 22.9 Å². The van der Waals surface area contributed by atoms with Crippen LogP contribution in [0.3, 0.4) is 0 Å². The molecule has 0 spiro atoms. The summed E-state index contributed by atoms with van der Waals surface area (Å²) in [6, 6.07) is 9.25. The number of nitrogens with zero attached hydrogens (tertiary/aromatic N) is 2. The van der Waals surface area contributed by atoms with Gasteiger partial charge in [-0.15, -0.1) is 0 Å². The summed E-state index contributed by atoms with van der Waals surface area (Å²) in [5.41, 5.74) is 1.79. The van der Waals surface area contributed by atoms with Crippen LogP contribution < -0.4 is 10.1 Å². The molecule has 8 nitrogen and oxygen atoms in total. The van der Waals surface area contributed by atoms with Crippen LogP contribution in [0, 0.1) is 5.92 Å². The maximum Gasteiger partial charge on any atom is 0.410 e. The minimum Gasteiger partial charge on any atom is -0.464 e. The van der Waals surface area contributed by atoms with Gasteiger partial charge < -0.3 is 29.3 Å². The van der Waals surface area contributed by atoms with E-state index in [-0.39, 0.29) is 18.7 Å². The lowest BCUT2D eigenvalue weighted by Gasteiger charge is -2.34. The van der Waals surface area contributed by atoms with Crippen molar-refractivity contribution in [1.82, 2.24) is 9.80 Å². The fourth-order valence-corrected chi connectivity index (χ4v) is 5.54. The van der Waals surface area contributed by atoms with Gasteiger partial charge in [0, 0.05) is 43.6 Å². The van der Waals surface area contributed by atoms with Crippen LogP contribution in [0.1, 0.15) is 62.2 Å². The van der Waals surface area contributed by atoms with Crippen LogP contribution in [-0.2, 0) is 9.47 Å². The highest BCUT2D eigenvalue weighted by Crippen LogP contribution is 2.39. The first-order chi connectivity index (χ1) is 17.2.